The molecule has 140 valence electrons. The second-order valence-corrected chi connectivity index (χ2v) is 8.31. The van der Waals surface area contributed by atoms with Crippen molar-refractivity contribution in [1.29, 1.82) is 0 Å². The van der Waals surface area contributed by atoms with Gasteiger partial charge in [0.15, 0.2) is 6.73 Å². The number of hydrogen-bond acceptors (Lipinski definition) is 1. The predicted octanol–water partition coefficient (Wildman–Crippen LogP) is 2.76. The smallest absolute Gasteiger partial charge is 0.183 e. The highest BCUT2D eigenvalue weighted by Gasteiger charge is 2.22. The molecule has 1 rings (SSSR count). The minimum Gasteiger partial charge on any atom is -1.00 e. The van der Waals surface area contributed by atoms with E-state index in [2.05, 4.69) is 27.9 Å². The Bertz CT molecular complexity index is 262. The molecule has 0 aromatic rings. The molecule has 0 spiro atoms. The minimum absolute atomic E-state index is 0. The Balaban J connectivity index is 0.00000484. The van der Waals surface area contributed by atoms with Crippen molar-refractivity contribution in [3.63, 3.8) is 0 Å². The first-order chi connectivity index (χ1) is 10.5. The van der Waals surface area contributed by atoms with E-state index in [0.29, 0.717) is 6.10 Å². The van der Waals surface area contributed by atoms with Crippen LogP contribution < -0.4 is 12.4 Å². The van der Waals surface area contributed by atoms with Crippen LogP contribution in [0.5, 0.6) is 0 Å². The zero-order valence-corrected chi connectivity index (χ0v) is 17.0. The van der Waals surface area contributed by atoms with Gasteiger partial charge in [0, 0.05) is 0 Å². The summed E-state index contributed by atoms with van der Waals surface area (Å²) in [5.74, 6) is 0.916. The fourth-order valence-electron chi connectivity index (χ4n) is 3.44. The highest BCUT2D eigenvalue weighted by Crippen LogP contribution is 2.25. The molecular weight excluding hydrogens is 306 g/mol. The van der Waals surface area contributed by atoms with Crippen molar-refractivity contribution in [2.75, 3.05) is 27.4 Å². The Morgan fingerprint density at radius 3 is 1.91 bits per heavy atom. The Kier molecular flexibility index (Phi) is 13.6. The van der Waals surface area contributed by atoms with Crippen LogP contribution in [-0.2, 0) is 4.74 Å². The highest BCUT2D eigenvalue weighted by atomic mass is 35.5. The maximum atomic E-state index is 6.19. The SMILES string of the molecule is CCCCCCCCCC[N+](C)(C)COC1CCC(C)CC1.[Cl-]. The second-order valence-electron chi connectivity index (χ2n) is 8.31. The van der Waals surface area contributed by atoms with E-state index in [1.807, 2.05) is 0 Å². The van der Waals surface area contributed by atoms with Crippen LogP contribution in [0.4, 0.5) is 0 Å². The highest BCUT2D eigenvalue weighted by molar-refractivity contribution is 4.69. The standard InChI is InChI=1S/C20H42NO.ClH/c1-5-6-7-8-9-10-11-12-17-21(3,4)18-22-20-15-13-19(2)14-16-20;/h19-20H,5-18H2,1-4H3;1H/q+1;/p-1. The lowest BCUT2D eigenvalue weighted by atomic mass is 9.89. The summed E-state index contributed by atoms with van der Waals surface area (Å²) in [5.41, 5.74) is 0. The van der Waals surface area contributed by atoms with Gasteiger partial charge in [-0.25, -0.2) is 0 Å². The second kappa shape index (κ2) is 13.5. The molecule has 0 aromatic heterocycles. The zero-order chi connectivity index (χ0) is 16.3. The molecule has 23 heavy (non-hydrogen) atoms. The van der Waals surface area contributed by atoms with Crippen LogP contribution >= 0.6 is 0 Å². The summed E-state index contributed by atoms with van der Waals surface area (Å²) in [5, 5.41) is 0. The van der Waals surface area contributed by atoms with Crippen molar-refractivity contribution < 1.29 is 21.6 Å². The first-order valence-electron chi connectivity index (χ1n) is 9.97. The van der Waals surface area contributed by atoms with Gasteiger partial charge in [-0.1, -0.05) is 52.4 Å². The molecule has 1 aliphatic carbocycles. The molecule has 1 fully saturated rings. The van der Waals surface area contributed by atoms with Crippen molar-refractivity contribution in [1.82, 2.24) is 0 Å². The molecule has 0 bridgehead atoms. The first kappa shape index (κ1) is 23.2. The van der Waals surface area contributed by atoms with Crippen molar-refractivity contribution in [2.24, 2.45) is 5.92 Å². The summed E-state index contributed by atoms with van der Waals surface area (Å²) in [4.78, 5) is 0. The molecule has 0 aliphatic heterocycles. The van der Waals surface area contributed by atoms with E-state index in [1.54, 1.807) is 0 Å². The monoisotopic (exact) mass is 347 g/mol. The van der Waals surface area contributed by atoms with E-state index in [9.17, 15) is 0 Å². The molecule has 0 N–H and O–H groups in total. The quantitative estimate of drug-likeness (QED) is 0.299. The lowest BCUT2D eigenvalue weighted by molar-refractivity contribution is -0.910. The molecule has 2 nitrogen and oxygen atoms in total. The van der Waals surface area contributed by atoms with E-state index in [-0.39, 0.29) is 12.4 Å². The van der Waals surface area contributed by atoms with Gasteiger partial charge in [-0.05, 0) is 44.4 Å². The maximum absolute atomic E-state index is 6.19. The van der Waals surface area contributed by atoms with Crippen molar-refractivity contribution in [3.8, 4) is 0 Å². The van der Waals surface area contributed by atoms with E-state index in [4.69, 9.17) is 4.74 Å². The number of ether oxygens (including phenoxy) is 1. The van der Waals surface area contributed by atoms with Crippen LogP contribution in [0.3, 0.4) is 0 Å². The van der Waals surface area contributed by atoms with E-state index in [0.717, 1.165) is 17.1 Å². The van der Waals surface area contributed by atoms with Crippen LogP contribution in [0.2, 0.25) is 0 Å². The Morgan fingerprint density at radius 2 is 1.35 bits per heavy atom. The number of rotatable bonds is 12. The summed E-state index contributed by atoms with van der Waals surface area (Å²) in [7, 11) is 4.65. The van der Waals surface area contributed by atoms with Gasteiger partial charge < -0.3 is 21.6 Å². The van der Waals surface area contributed by atoms with Gasteiger partial charge in [0.2, 0.25) is 0 Å². The van der Waals surface area contributed by atoms with Crippen LogP contribution in [0.1, 0.15) is 90.9 Å². The Hall–Kier alpha value is 0.210. The third kappa shape index (κ3) is 12.3. The molecule has 1 saturated carbocycles. The maximum Gasteiger partial charge on any atom is 0.183 e. The lowest BCUT2D eigenvalue weighted by Crippen LogP contribution is -3.00. The van der Waals surface area contributed by atoms with Gasteiger partial charge in [0.25, 0.3) is 0 Å². The summed E-state index contributed by atoms with van der Waals surface area (Å²) >= 11 is 0. The van der Waals surface area contributed by atoms with Crippen LogP contribution in [0, 0.1) is 5.92 Å². The molecule has 1 aliphatic rings. The molecular formula is C20H42ClNO. The van der Waals surface area contributed by atoms with Crippen LogP contribution in [-0.4, -0.2) is 38.0 Å². The average Bonchev–Trinajstić information content (AvgIpc) is 2.49. The molecule has 0 unspecified atom stereocenters. The fourth-order valence-corrected chi connectivity index (χ4v) is 3.44. The van der Waals surface area contributed by atoms with Gasteiger partial charge in [-0.15, -0.1) is 0 Å². The number of halogens is 1. The summed E-state index contributed by atoms with van der Waals surface area (Å²) in [6.07, 6.45) is 17.1. The molecule has 0 saturated heterocycles. The third-order valence-electron chi connectivity index (χ3n) is 5.24. The normalized spacial score (nSPS) is 21.9. The van der Waals surface area contributed by atoms with Crippen molar-refractivity contribution in [2.45, 2.75) is 97.0 Å². The molecule has 0 aromatic carbocycles. The van der Waals surface area contributed by atoms with Crippen molar-refractivity contribution in [3.05, 3.63) is 0 Å². The van der Waals surface area contributed by atoms with Gasteiger partial charge in [-0.3, -0.25) is 0 Å². The predicted molar refractivity (Wildman–Crippen MR) is 97.0 cm³/mol. The number of quaternary nitrogens is 1. The zero-order valence-electron chi connectivity index (χ0n) is 16.3. The van der Waals surface area contributed by atoms with E-state index in [1.165, 1.54) is 83.6 Å². The van der Waals surface area contributed by atoms with E-state index >= 15 is 0 Å². The molecule has 0 atom stereocenters. The van der Waals surface area contributed by atoms with Gasteiger partial charge in [0.1, 0.15) is 0 Å². The Morgan fingerprint density at radius 1 is 0.826 bits per heavy atom. The molecule has 0 heterocycles. The van der Waals surface area contributed by atoms with Crippen molar-refractivity contribution >= 4 is 0 Å². The third-order valence-corrected chi connectivity index (χ3v) is 5.24. The largest absolute Gasteiger partial charge is 1.00 e. The summed E-state index contributed by atoms with van der Waals surface area (Å²) < 4.78 is 7.22. The number of nitrogens with zero attached hydrogens (tertiary/aromatic N) is 1. The first-order valence-corrected chi connectivity index (χ1v) is 9.97. The fraction of sp³-hybridized carbons (Fsp3) is 1.00. The molecule has 3 heteroatoms. The molecule has 0 radical (unpaired) electrons. The Labute approximate surface area is 152 Å². The van der Waals surface area contributed by atoms with Gasteiger partial charge in [0.05, 0.1) is 26.7 Å². The summed E-state index contributed by atoms with van der Waals surface area (Å²) in [6, 6.07) is 0. The van der Waals surface area contributed by atoms with E-state index < -0.39 is 0 Å². The molecule has 0 amide bonds. The number of unbranched alkanes of at least 4 members (excludes halogenated alkanes) is 7. The van der Waals surface area contributed by atoms with Crippen LogP contribution in [0.15, 0.2) is 0 Å². The number of hydrogen-bond donors (Lipinski definition) is 0. The topological polar surface area (TPSA) is 9.23 Å². The minimum atomic E-state index is 0. The van der Waals surface area contributed by atoms with Crippen LogP contribution in [0.25, 0.3) is 0 Å². The summed E-state index contributed by atoms with van der Waals surface area (Å²) in [6.45, 7) is 6.82. The average molecular weight is 348 g/mol. The van der Waals surface area contributed by atoms with Gasteiger partial charge in [-0.2, -0.15) is 0 Å². The lowest BCUT2D eigenvalue weighted by Gasteiger charge is -2.33. The van der Waals surface area contributed by atoms with Gasteiger partial charge >= 0.3 is 0 Å².